The molecule has 1 amide bonds. The first-order valence-corrected chi connectivity index (χ1v) is 6.20. The Morgan fingerprint density at radius 2 is 1.94 bits per heavy atom. The van der Waals surface area contributed by atoms with E-state index in [1.165, 1.54) is 6.92 Å². The van der Waals surface area contributed by atoms with Gasteiger partial charge in [-0.15, -0.1) is 0 Å². The smallest absolute Gasteiger partial charge is 0.366 e. The van der Waals surface area contributed by atoms with Crippen molar-refractivity contribution in [3.8, 4) is 0 Å². The van der Waals surface area contributed by atoms with Gasteiger partial charge in [0.2, 0.25) is 5.91 Å². The van der Waals surface area contributed by atoms with Gasteiger partial charge in [-0.1, -0.05) is 19.9 Å². The molecule has 0 saturated carbocycles. The maximum atomic E-state index is 10.3. The second kappa shape index (κ2) is 9.32. The van der Waals surface area contributed by atoms with Gasteiger partial charge in [-0.05, 0) is 19.8 Å². The number of unbranched alkanes of at least 4 members (excludes halogenated alkanes) is 1. The lowest BCUT2D eigenvalue weighted by Gasteiger charge is -1.96. The van der Waals surface area contributed by atoms with E-state index in [-0.39, 0.29) is 12.5 Å². The van der Waals surface area contributed by atoms with Gasteiger partial charge >= 0.3 is 10.4 Å². The fraction of sp³-hybridized carbons (Fsp3) is 0.667. The van der Waals surface area contributed by atoms with Gasteiger partial charge < -0.3 is 5.73 Å². The van der Waals surface area contributed by atoms with E-state index < -0.39 is 10.4 Å². The van der Waals surface area contributed by atoms with Crippen molar-refractivity contribution < 1.29 is 21.9 Å². The zero-order chi connectivity index (χ0) is 13.2. The average Bonchev–Trinajstić information content (AvgIpc) is 2.13. The minimum atomic E-state index is -4.17. The molecule has 7 heteroatoms. The Bertz CT molecular complexity index is 310. The molecule has 3 N–H and O–H groups in total. The molecule has 0 unspecified atom stereocenters. The van der Waals surface area contributed by atoms with Crippen LogP contribution in [0.4, 0.5) is 0 Å². The van der Waals surface area contributed by atoms with Crippen LogP contribution >= 0.6 is 0 Å². The van der Waals surface area contributed by atoms with Gasteiger partial charge in [0.15, 0.2) is 0 Å². The van der Waals surface area contributed by atoms with Crippen LogP contribution in [-0.4, -0.2) is 25.5 Å². The first kappa shape index (κ1) is 17.5. The molecule has 0 aromatic rings. The van der Waals surface area contributed by atoms with Crippen LogP contribution in [0.5, 0.6) is 0 Å². The topological polar surface area (TPSA) is 107 Å². The van der Waals surface area contributed by atoms with E-state index in [1.54, 1.807) is 0 Å². The summed E-state index contributed by atoms with van der Waals surface area (Å²) in [5.74, 6) is -0.372. The summed E-state index contributed by atoms with van der Waals surface area (Å²) in [6.45, 7) is 7.02. The molecule has 0 rings (SSSR count). The molecule has 96 valence electrons. The summed E-state index contributed by atoms with van der Waals surface area (Å²) in [4.78, 5) is 10.3. The Labute approximate surface area is 96.4 Å². The van der Waals surface area contributed by atoms with Gasteiger partial charge in [0.05, 0.1) is 6.61 Å². The Morgan fingerprint density at radius 1 is 1.44 bits per heavy atom. The number of amides is 1. The van der Waals surface area contributed by atoms with E-state index in [2.05, 4.69) is 17.7 Å². The van der Waals surface area contributed by atoms with Crippen LogP contribution in [0.1, 0.15) is 33.1 Å². The summed E-state index contributed by atoms with van der Waals surface area (Å²) in [7, 11) is -4.17. The van der Waals surface area contributed by atoms with E-state index in [0.29, 0.717) is 5.57 Å². The van der Waals surface area contributed by atoms with Gasteiger partial charge in [-0.25, -0.2) is 4.18 Å². The zero-order valence-corrected chi connectivity index (χ0v) is 10.4. The quantitative estimate of drug-likeness (QED) is 0.543. The fourth-order valence-electron chi connectivity index (χ4n) is 0.662. The first-order valence-electron chi connectivity index (χ1n) is 4.84. The molecule has 0 aromatic heterocycles. The molecule has 16 heavy (non-hydrogen) atoms. The first-order chi connectivity index (χ1) is 7.24. The molecule has 0 aliphatic carbocycles. The lowest BCUT2D eigenvalue weighted by atomic mass is 10.1. The molecule has 0 heterocycles. The number of nitrogens with two attached hydrogens (primary N) is 1. The molecule has 0 saturated heterocycles. The van der Waals surface area contributed by atoms with Crippen molar-refractivity contribution in [1.29, 1.82) is 0 Å². The number of primary amides is 1. The number of carbonyl (C=O) groups is 1. The van der Waals surface area contributed by atoms with E-state index in [1.807, 2.05) is 0 Å². The number of hydrogen-bond donors (Lipinski definition) is 2. The fourth-order valence-corrected chi connectivity index (χ4v) is 0.960. The largest absolute Gasteiger partial charge is 0.397 e. The summed E-state index contributed by atoms with van der Waals surface area (Å²) in [6.07, 6.45) is 2.82. The van der Waals surface area contributed by atoms with Gasteiger partial charge in [-0.2, -0.15) is 8.42 Å². The molecule has 0 aromatic carbocycles. The molecule has 0 aliphatic heterocycles. The third kappa shape index (κ3) is 15.5. The molecular formula is C9H19NO5S. The predicted octanol–water partition coefficient (Wildman–Crippen LogP) is 1.04. The van der Waals surface area contributed by atoms with Crippen LogP contribution in [0.3, 0.4) is 0 Å². The highest BCUT2D eigenvalue weighted by Gasteiger charge is 1.98. The van der Waals surface area contributed by atoms with E-state index >= 15 is 0 Å². The Hall–Kier alpha value is -0.920. The summed E-state index contributed by atoms with van der Waals surface area (Å²) < 4.78 is 30.7. The summed E-state index contributed by atoms with van der Waals surface area (Å²) >= 11 is 0. The predicted molar refractivity (Wildman–Crippen MR) is 61.0 cm³/mol. The second-order valence-electron chi connectivity index (χ2n) is 2.91. The van der Waals surface area contributed by atoms with Crippen LogP contribution in [0.2, 0.25) is 0 Å². The highest BCUT2D eigenvalue weighted by atomic mass is 32.3. The molecular weight excluding hydrogens is 234 g/mol. The highest BCUT2D eigenvalue weighted by Crippen LogP contribution is 2.02. The lowest BCUT2D eigenvalue weighted by molar-refractivity contribution is -0.114. The number of rotatable bonds is 6. The maximum absolute atomic E-state index is 10.3. The third-order valence-electron chi connectivity index (χ3n) is 1.45. The normalized spacial score (nSPS) is 10.2. The molecule has 0 radical (unpaired) electrons. The Morgan fingerprint density at radius 3 is 2.12 bits per heavy atom. The lowest BCUT2D eigenvalue weighted by Crippen LogP contribution is -2.12. The molecule has 6 nitrogen and oxygen atoms in total. The van der Waals surface area contributed by atoms with Crippen molar-refractivity contribution in [2.75, 3.05) is 6.61 Å². The Balaban J connectivity index is 0. The maximum Gasteiger partial charge on any atom is 0.397 e. The minimum absolute atomic E-state index is 0.0289. The van der Waals surface area contributed by atoms with Crippen LogP contribution < -0.4 is 5.73 Å². The standard InChI is InChI=1S/C7H13NO.C2H6O4S/c1-3-4-5-6(2)7(8)9;1-2-6-7(3,4)5/h2-5H2,1H3,(H2,8,9);2H2,1H3,(H,3,4,5). The van der Waals surface area contributed by atoms with E-state index in [9.17, 15) is 13.2 Å². The van der Waals surface area contributed by atoms with Crippen molar-refractivity contribution in [3.63, 3.8) is 0 Å². The van der Waals surface area contributed by atoms with Crippen molar-refractivity contribution in [1.82, 2.24) is 0 Å². The van der Waals surface area contributed by atoms with Crippen molar-refractivity contribution in [3.05, 3.63) is 12.2 Å². The van der Waals surface area contributed by atoms with Gasteiger partial charge in [-0.3, -0.25) is 9.35 Å². The SMILES string of the molecule is C=C(CCCC)C(N)=O.CCOS(=O)(=O)O. The van der Waals surface area contributed by atoms with Crippen molar-refractivity contribution in [2.24, 2.45) is 5.73 Å². The van der Waals surface area contributed by atoms with Gasteiger partial charge in [0, 0.05) is 5.57 Å². The van der Waals surface area contributed by atoms with Gasteiger partial charge in [0.1, 0.15) is 0 Å². The molecule has 0 fully saturated rings. The Kier molecular flexibility index (Phi) is 10.2. The zero-order valence-electron chi connectivity index (χ0n) is 9.60. The van der Waals surface area contributed by atoms with Gasteiger partial charge in [0.25, 0.3) is 0 Å². The molecule has 0 bridgehead atoms. The third-order valence-corrected chi connectivity index (χ3v) is 1.98. The van der Waals surface area contributed by atoms with Crippen LogP contribution in [-0.2, 0) is 19.4 Å². The molecule has 0 spiro atoms. The second-order valence-corrected chi connectivity index (χ2v) is 4.00. The van der Waals surface area contributed by atoms with Crippen LogP contribution in [0.15, 0.2) is 12.2 Å². The summed E-state index contributed by atoms with van der Waals surface area (Å²) in [6, 6.07) is 0. The molecule has 0 atom stereocenters. The summed E-state index contributed by atoms with van der Waals surface area (Å²) in [5, 5.41) is 0. The monoisotopic (exact) mass is 253 g/mol. The van der Waals surface area contributed by atoms with Crippen molar-refractivity contribution in [2.45, 2.75) is 33.1 Å². The average molecular weight is 253 g/mol. The summed E-state index contributed by atoms with van der Waals surface area (Å²) in [5.41, 5.74) is 5.48. The van der Waals surface area contributed by atoms with Crippen LogP contribution in [0, 0.1) is 0 Å². The number of carbonyl (C=O) groups excluding carboxylic acids is 1. The number of hydrogen-bond acceptors (Lipinski definition) is 4. The minimum Gasteiger partial charge on any atom is -0.366 e. The van der Waals surface area contributed by atoms with E-state index in [0.717, 1.165) is 19.3 Å². The van der Waals surface area contributed by atoms with Crippen molar-refractivity contribution >= 4 is 16.3 Å². The van der Waals surface area contributed by atoms with E-state index in [4.69, 9.17) is 10.3 Å². The highest BCUT2D eigenvalue weighted by molar-refractivity contribution is 7.80. The van der Waals surface area contributed by atoms with Crippen LogP contribution in [0.25, 0.3) is 0 Å². The molecule has 0 aliphatic rings.